The van der Waals surface area contributed by atoms with Gasteiger partial charge in [-0.15, -0.1) is 0 Å². The van der Waals surface area contributed by atoms with Crippen LogP contribution in [0.4, 0.5) is 5.82 Å². The molecule has 0 amide bonds. The van der Waals surface area contributed by atoms with E-state index in [1.807, 2.05) is 6.92 Å². The Morgan fingerprint density at radius 1 is 1.65 bits per heavy atom. The lowest BCUT2D eigenvalue weighted by Crippen LogP contribution is -2.44. The topological polar surface area (TPSA) is 83.8 Å². The number of nitrogens with two attached hydrogens (primary N) is 1. The van der Waals surface area contributed by atoms with Crippen LogP contribution in [0.25, 0.3) is 0 Å². The molecule has 0 saturated carbocycles. The van der Waals surface area contributed by atoms with Gasteiger partial charge in [0.05, 0.1) is 6.33 Å². The third-order valence-electron chi connectivity index (χ3n) is 2.53. The van der Waals surface area contributed by atoms with Crippen molar-refractivity contribution in [3.63, 3.8) is 0 Å². The predicted octanol–water partition coefficient (Wildman–Crippen LogP) is 1.71. The summed E-state index contributed by atoms with van der Waals surface area (Å²) in [6.45, 7) is 6.78. The molecule has 0 aliphatic heterocycles. The van der Waals surface area contributed by atoms with Crippen molar-refractivity contribution in [1.82, 2.24) is 9.97 Å². The maximum Gasteiger partial charge on any atom is 0.267 e. The Balaban J connectivity index is 2.95. The van der Waals surface area contributed by atoms with Crippen LogP contribution in [0.5, 0.6) is 0 Å². The van der Waals surface area contributed by atoms with Crippen molar-refractivity contribution >= 4 is 21.7 Å². The first-order chi connectivity index (χ1) is 7.88. The average Bonchev–Trinajstić information content (AvgIpc) is 2.24. The van der Waals surface area contributed by atoms with E-state index >= 15 is 0 Å². The van der Waals surface area contributed by atoms with Crippen LogP contribution in [0.15, 0.2) is 15.6 Å². The highest BCUT2D eigenvalue weighted by molar-refractivity contribution is 9.10. The van der Waals surface area contributed by atoms with Gasteiger partial charge < -0.3 is 16.0 Å². The minimum absolute atomic E-state index is 0.202. The smallest absolute Gasteiger partial charge is 0.267 e. The number of aromatic nitrogens is 2. The molecule has 0 fully saturated rings. The summed E-state index contributed by atoms with van der Waals surface area (Å²) < 4.78 is 0.406. The summed E-state index contributed by atoms with van der Waals surface area (Å²) in [7, 11) is 0. The van der Waals surface area contributed by atoms with Gasteiger partial charge in [-0.2, -0.15) is 0 Å². The second-order valence-corrected chi connectivity index (χ2v) is 5.68. The van der Waals surface area contributed by atoms with Gasteiger partial charge in [-0.25, -0.2) is 4.98 Å². The fraction of sp³-hybridized carbons (Fsp3) is 0.636. The van der Waals surface area contributed by atoms with Gasteiger partial charge in [0.1, 0.15) is 10.3 Å². The fourth-order valence-electron chi connectivity index (χ4n) is 1.84. The zero-order chi connectivity index (χ0) is 13.1. The van der Waals surface area contributed by atoms with Crippen LogP contribution in [0.3, 0.4) is 0 Å². The van der Waals surface area contributed by atoms with Crippen LogP contribution < -0.4 is 16.6 Å². The maximum atomic E-state index is 11.4. The van der Waals surface area contributed by atoms with Crippen molar-refractivity contribution in [2.45, 2.75) is 32.7 Å². The number of H-pyrrole nitrogens is 1. The molecule has 4 N–H and O–H groups in total. The van der Waals surface area contributed by atoms with E-state index < -0.39 is 0 Å². The summed E-state index contributed by atoms with van der Waals surface area (Å²) in [5, 5.41) is 3.24. The normalized spacial score (nSPS) is 14.7. The second-order valence-electron chi connectivity index (χ2n) is 4.88. The van der Waals surface area contributed by atoms with Crippen LogP contribution in [0, 0.1) is 5.92 Å². The van der Waals surface area contributed by atoms with E-state index in [9.17, 15) is 4.79 Å². The fourth-order valence-corrected chi connectivity index (χ4v) is 2.16. The van der Waals surface area contributed by atoms with Gasteiger partial charge in [0.2, 0.25) is 0 Å². The summed E-state index contributed by atoms with van der Waals surface area (Å²) in [4.78, 5) is 18.0. The van der Waals surface area contributed by atoms with E-state index in [1.54, 1.807) is 0 Å². The number of nitrogens with one attached hydrogen (secondary N) is 2. The van der Waals surface area contributed by atoms with Crippen LogP contribution in [0.1, 0.15) is 27.2 Å². The lowest BCUT2D eigenvalue weighted by atomic mass is 9.91. The minimum atomic E-state index is -0.266. The number of aromatic amines is 1. The van der Waals surface area contributed by atoms with E-state index in [2.05, 4.69) is 45.1 Å². The molecule has 1 aromatic heterocycles. The highest BCUT2D eigenvalue weighted by atomic mass is 79.9. The zero-order valence-corrected chi connectivity index (χ0v) is 12.0. The average molecular weight is 303 g/mol. The van der Waals surface area contributed by atoms with Gasteiger partial charge in [-0.3, -0.25) is 4.79 Å². The van der Waals surface area contributed by atoms with Crippen LogP contribution in [-0.4, -0.2) is 22.1 Å². The summed E-state index contributed by atoms with van der Waals surface area (Å²) in [5.41, 5.74) is 5.33. The Bertz CT molecular complexity index is 432. The predicted molar refractivity (Wildman–Crippen MR) is 73.1 cm³/mol. The molecule has 0 saturated heterocycles. The summed E-state index contributed by atoms with van der Waals surface area (Å²) in [5.74, 6) is 1.04. The van der Waals surface area contributed by atoms with E-state index in [-0.39, 0.29) is 11.1 Å². The van der Waals surface area contributed by atoms with E-state index in [0.29, 0.717) is 22.8 Å². The molecule has 1 aromatic rings. The largest absolute Gasteiger partial charge is 0.362 e. The highest BCUT2D eigenvalue weighted by Crippen LogP contribution is 2.23. The lowest BCUT2D eigenvalue weighted by Gasteiger charge is -2.31. The van der Waals surface area contributed by atoms with Crippen LogP contribution in [-0.2, 0) is 0 Å². The van der Waals surface area contributed by atoms with Crippen molar-refractivity contribution in [1.29, 1.82) is 0 Å². The molecule has 0 spiro atoms. The van der Waals surface area contributed by atoms with Gasteiger partial charge in [0, 0.05) is 12.1 Å². The van der Waals surface area contributed by atoms with Crippen molar-refractivity contribution in [2.75, 3.05) is 11.9 Å². The number of halogens is 1. The molecule has 1 unspecified atom stereocenters. The first kappa shape index (κ1) is 14.2. The Kier molecular flexibility index (Phi) is 4.70. The molecule has 1 heterocycles. The zero-order valence-electron chi connectivity index (χ0n) is 10.4. The number of hydrogen-bond donors (Lipinski definition) is 3. The third kappa shape index (κ3) is 3.81. The molecule has 0 aliphatic carbocycles. The van der Waals surface area contributed by atoms with Gasteiger partial charge in [0.25, 0.3) is 5.56 Å². The first-order valence-electron chi connectivity index (χ1n) is 5.59. The molecule has 6 heteroatoms. The molecule has 5 nitrogen and oxygen atoms in total. The van der Waals surface area contributed by atoms with Crippen molar-refractivity contribution < 1.29 is 0 Å². The summed E-state index contributed by atoms with van der Waals surface area (Å²) in [6.07, 6.45) is 2.28. The molecule has 0 bridgehead atoms. The monoisotopic (exact) mass is 302 g/mol. The van der Waals surface area contributed by atoms with Gasteiger partial charge >= 0.3 is 0 Å². The van der Waals surface area contributed by atoms with Crippen LogP contribution >= 0.6 is 15.9 Å². The SMILES string of the molecule is CC(C)CC(C)(CN)Nc1nc[nH]c(=O)c1Br. The summed E-state index contributed by atoms with van der Waals surface area (Å²) >= 11 is 3.22. The number of hydrogen-bond acceptors (Lipinski definition) is 4. The van der Waals surface area contributed by atoms with E-state index in [1.165, 1.54) is 6.33 Å². The lowest BCUT2D eigenvalue weighted by molar-refractivity contribution is 0.405. The quantitative estimate of drug-likeness (QED) is 0.773. The Morgan fingerprint density at radius 2 is 2.29 bits per heavy atom. The molecule has 1 rings (SSSR count). The van der Waals surface area contributed by atoms with E-state index in [0.717, 1.165) is 6.42 Å². The molecule has 17 heavy (non-hydrogen) atoms. The molecular weight excluding hydrogens is 284 g/mol. The Morgan fingerprint density at radius 3 is 2.82 bits per heavy atom. The molecule has 1 atom stereocenters. The molecule has 0 aromatic carbocycles. The van der Waals surface area contributed by atoms with Crippen molar-refractivity contribution in [3.05, 3.63) is 21.2 Å². The highest BCUT2D eigenvalue weighted by Gasteiger charge is 2.25. The Hall–Kier alpha value is -0.880. The van der Waals surface area contributed by atoms with Crippen LogP contribution in [0.2, 0.25) is 0 Å². The molecule has 0 radical (unpaired) electrons. The molecule has 0 aliphatic rings. The standard InChI is InChI=1S/C11H19BrN4O/c1-7(2)4-11(3,5-13)16-9-8(12)10(17)15-6-14-9/h6-7H,4-5,13H2,1-3H3,(H2,14,15,16,17). The molecular formula is C11H19BrN4O. The van der Waals surface area contributed by atoms with Gasteiger partial charge in [-0.05, 0) is 35.2 Å². The Labute approximate surface area is 109 Å². The number of rotatable bonds is 5. The van der Waals surface area contributed by atoms with Gasteiger partial charge in [-0.1, -0.05) is 13.8 Å². The van der Waals surface area contributed by atoms with Crippen molar-refractivity contribution in [3.8, 4) is 0 Å². The minimum Gasteiger partial charge on any atom is -0.362 e. The molecule has 96 valence electrons. The number of anilines is 1. The van der Waals surface area contributed by atoms with Gasteiger partial charge in [0.15, 0.2) is 0 Å². The first-order valence-corrected chi connectivity index (χ1v) is 6.38. The maximum absolute atomic E-state index is 11.4. The second kappa shape index (κ2) is 5.64. The third-order valence-corrected chi connectivity index (χ3v) is 3.26. The van der Waals surface area contributed by atoms with Crippen molar-refractivity contribution in [2.24, 2.45) is 11.7 Å². The number of nitrogens with zero attached hydrogens (tertiary/aromatic N) is 1. The van der Waals surface area contributed by atoms with E-state index in [4.69, 9.17) is 5.73 Å². The summed E-state index contributed by atoms with van der Waals surface area (Å²) in [6, 6.07) is 0.